The summed E-state index contributed by atoms with van der Waals surface area (Å²) in [6.07, 6.45) is 0. The van der Waals surface area contributed by atoms with Gasteiger partial charge in [-0.15, -0.1) is 11.3 Å². The largest absolute Gasteiger partial charge is 0.288 e. The van der Waals surface area contributed by atoms with Crippen LogP contribution in [0.2, 0.25) is 0 Å². The molecule has 1 aromatic heterocycles. The molecule has 0 fully saturated rings. The van der Waals surface area contributed by atoms with Crippen LogP contribution in [-0.4, -0.2) is 5.78 Å². The first-order chi connectivity index (χ1) is 8.49. The van der Waals surface area contributed by atoms with E-state index in [1.165, 1.54) is 16.0 Å². The van der Waals surface area contributed by atoms with Crippen LogP contribution in [0.3, 0.4) is 0 Å². The molecule has 0 aliphatic heterocycles. The van der Waals surface area contributed by atoms with Gasteiger partial charge in [-0.1, -0.05) is 38.1 Å². The Hall–Kier alpha value is -1.41. The Morgan fingerprint density at radius 3 is 2.17 bits per heavy atom. The predicted octanol–water partition coefficient (Wildman–Crippen LogP) is 4.72. The predicted molar refractivity (Wildman–Crippen MR) is 77.8 cm³/mol. The van der Waals surface area contributed by atoms with Gasteiger partial charge in [0, 0.05) is 10.4 Å². The maximum Gasteiger partial charge on any atom is 0.202 e. The van der Waals surface area contributed by atoms with E-state index in [1.807, 2.05) is 37.3 Å². The maximum atomic E-state index is 12.3. The first-order valence-corrected chi connectivity index (χ1v) is 7.02. The molecule has 0 saturated carbocycles. The van der Waals surface area contributed by atoms with Gasteiger partial charge in [0.05, 0.1) is 4.88 Å². The number of hydrogen-bond acceptors (Lipinski definition) is 2. The molecule has 0 unspecified atom stereocenters. The molecule has 0 saturated heterocycles. The van der Waals surface area contributed by atoms with Crippen molar-refractivity contribution in [1.29, 1.82) is 0 Å². The maximum absolute atomic E-state index is 12.3. The number of benzene rings is 1. The van der Waals surface area contributed by atoms with E-state index >= 15 is 0 Å². The Labute approximate surface area is 112 Å². The van der Waals surface area contributed by atoms with Crippen LogP contribution in [0.15, 0.2) is 30.3 Å². The van der Waals surface area contributed by atoms with Gasteiger partial charge in [0.15, 0.2) is 0 Å². The SMILES string of the molecule is Cc1cc(C(=O)c2ccc(C(C)C)cc2)sc1C. The molecule has 0 bridgehead atoms. The van der Waals surface area contributed by atoms with Crippen LogP contribution in [0.5, 0.6) is 0 Å². The number of carbonyl (C=O) groups excluding carboxylic acids is 1. The smallest absolute Gasteiger partial charge is 0.202 e. The number of ketones is 1. The number of carbonyl (C=O) groups is 1. The molecule has 0 N–H and O–H groups in total. The molecule has 1 nitrogen and oxygen atoms in total. The van der Waals surface area contributed by atoms with Gasteiger partial charge in [0.25, 0.3) is 0 Å². The average Bonchev–Trinajstić information content (AvgIpc) is 2.69. The summed E-state index contributed by atoms with van der Waals surface area (Å²) in [7, 11) is 0. The molecule has 0 atom stereocenters. The Morgan fingerprint density at radius 2 is 1.72 bits per heavy atom. The molecular weight excluding hydrogens is 240 g/mol. The molecule has 0 amide bonds. The van der Waals surface area contributed by atoms with Crippen LogP contribution < -0.4 is 0 Å². The van der Waals surface area contributed by atoms with Crippen molar-refractivity contribution >= 4 is 17.1 Å². The van der Waals surface area contributed by atoms with E-state index in [0.717, 1.165) is 10.4 Å². The molecule has 2 aromatic rings. The van der Waals surface area contributed by atoms with Gasteiger partial charge in [-0.3, -0.25) is 4.79 Å². The zero-order valence-corrected chi connectivity index (χ0v) is 12.1. The third kappa shape index (κ3) is 2.54. The van der Waals surface area contributed by atoms with E-state index in [2.05, 4.69) is 20.8 Å². The molecule has 94 valence electrons. The van der Waals surface area contributed by atoms with Crippen molar-refractivity contribution in [2.24, 2.45) is 0 Å². The Balaban J connectivity index is 2.28. The third-order valence-corrected chi connectivity index (χ3v) is 4.38. The van der Waals surface area contributed by atoms with Crippen molar-refractivity contribution in [3.8, 4) is 0 Å². The molecule has 0 aliphatic rings. The first kappa shape index (κ1) is 13.0. The van der Waals surface area contributed by atoms with Crippen molar-refractivity contribution < 1.29 is 4.79 Å². The number of thiophene rings is 1. The van der Waals surface area contributed by atoms with E-state index in [9.17, 15) is 4.79 Å². The fraction of sp³-hybridized carbons (Fsp3) is 0.312. The van der Waals surface area contributed by atoms with Gasteiger partial charge in [0.1, 0.15) is 0 Å². The molecule has 2 heteroatoms. The number of rotatable bonds is 3. The summed E-state index contributed by atoms with van der Waals surface area (Å²) in [6.45, 7) is 8.41. The quantitative estimate of drug-likeness (QED) is 0.728. The Bertz CT molecular complexity index is 542. The second-order valence-corrected chi connectivity index (χ2v) is 6.21. The minimum absolute atomic E-state index is 0.131. The molecule has 0 aliphatic carbocycles. The first-order valence-electron chi connectivity index (χ1n) is 6.20. The lowest BCUT2D eigenvalue weighted by atomic mass is 10.00. The van der Waals surface area contributed by atoms with Crippen LogP contribution in [0, 0.1) is 13.8 Å². The number of aryl methyl sites for hydroxylation is 2. The average molecular weight is 258 g/mol. The van der Waals surface area contributed by atoms with E-state index in [4.69, 9.17) is 0 Å². The molecule has 1 aromatic carbocycles. The van der Waals surface area contributed by atoms with Crippen LogP contribution in [0.1, 0.15) is 51.0 Å². The normalized spacial score (nSPS) is 10.9. The van der Waals surface area contributed by atoms with Gasteiger partial charge in [-0.2, -0.15) is 0 Å². The van der Waals surface area contributed by atoms with Crippen molar-refractivity contribution in [2.75, 3.05) is 0 Å². The highest BCUT2D eigenvalue weighted by molar-refractivity contribution is 7.14. The minimum Gasteiger partial charge on any atom is -0.288 e. The number of hydrogen-bond donors (Lipinski definition) is 0. The van der Waals surface area contributed by atoms with Crippen molar-refractivity contribution in [1.82, 2.24) is 0 Å². The highest BCUT2D eigenvalue weighted by Gasteiger charge is 2.13. The van der Waals surface area contributed by atoms with E-state index in [0.29, 0.717) is 5.92 Å². The van der Waals surface area contributed by atoms with Crippen molar-refractivity contribution in [3.63, 3.8) is 0 Å². The lowest BCUT2D eigenvalue weighted by Crippen LogP contribution is -1.99. The van der Waals surface area contributed by atoms with E-state index in [-0.39, 0.29) is 5.78 Å². The van der Waals surface area contributed by atoms with Gasteiger partial charge in [-0.05, 0) is 37.0 Å². The fourth-order valence-corrected chi connectivity index (χ4v) is 2.84. The molecule has 0 radical (unpaired) electrons. The monoisotopic (exact) mass is 258 g/mol. The zero-order valence-electron chi connectivity index (χ0n) is 11.3. The van der Waals surface area contributed by atoms with Gasteiger partial charge in [0.2, 0.25) is 5.78 Å². The van der Waals surface area contributed by atoms with Crippen LogP contribution >= 0.6 is 11.3 Å². The summed E-state index contributed by atoms with van der Waals surface area (Å²) < 4.78 is 0. The van der Waals surface area contributed by atoms with Crippen LogP contribution in [0.25, 0.3) is 0 Å². The third-order valence-electron chi connectivity index (χ3n) is 3.23. The van der Waals surface area contributed by atoms with Crippen LogP contribution in [0.4, 0.5) is 0 Å². The fourth-order valence-electron chi connectivity index (χ4n) is 1.85. The second kappa shape index (κ2) is 5.07. The summed E-state index contributed by atoms with van der Waals surface area (Å²) in [5.74, 6) is 0.631. The topological polar surface area (TPSA) is 17.1 Å². The minimum atomic E-state index is 0.131. The van der Waals surface area contributed by atoms with Gasteiger partial charge < -0.3 is 0 Å². The second-order valence-electron chi connectivity index (χ2n) is 4.96. The summed E-state index contributed by atoms with van der Waals surface area (Å²) >= 11 is 1.58. The molecular formula is C16H18OS. The summed E-state index contributed by atoms with van der Waals surface area (Å²) in [5.41, 5.74) is 3.24. The lowest BCUT2D eigenvalue weighted by molar-refractivity contribution is 0.104. The lowest BCUT2D eigenvalue weighted by Gasteiger charge is -2.05. The summed E-state index contributed by atoms with van der Waals surface area (Å²) in [6, 6.07) is 9.94. The van der Waals surface area contributed by atoms with Crippen LogP contribution in [-0.2, 0) is 0 Å². The zero-order chi connectivity index (χ0) is 13.3. The summed E-state index contributed by atoms with van der Waals surface area (Å²) in [4.78, 5) is 14.4. The van der Waals surface area contributed by atoms with Crippen molar-refractivity contribution in [3.05, 3.63) is 56.8 Å². The molecule has 1 heterocycles. The molecule has 18 heavy (non-hydrogen) atoms. The molecule has 2 rings (SSSR count). The Morgan fingerprint density at radius 1 is 1.11 bits per heavy atom. The highest BCUT2D eigenvalue weighted by Crippen LogP contribution is 2.24. The standard InChI is InChI=1S/C16H18OS/c1-10(2)13-5-7-14(8-6-13)16(17)15-9-11(3)12(4)18-15/h5-10H,1-4H3. The van der Waals surface area contributed by atoms with E-state index < -0.39 is 0 Å². The Kier molecular flexibility index (Phi) is 3.67. The van der Waals surface area contributed by atoms with Gasteiger partial charge in [-0.25, -0.2) is 0 Å². The van der Waals surface area contributed by atoms with Crippen molar-refractivity contribution in [2.45, 2.75) is 33.6 Å². The highest BCUT2D eigenvalue weighted by atomic mass is 32.1. The summed E-state index contributed by atoms with van der Waals surface area (Å²) in [5, 5.41) is 0. The van der Waals surface area contributed by atoms with Gasteiger partial charge >= 0.3 is 0 Å². The molecule has 0 spiro atoms. The van der Waals surface area contributed by atoms with E-state index in [1.54, 1.807) is 11.3 Å².